The fraction of sp³-hybridized carbons (Fsp3) is 0.176. The van der Waals surface area contributed by atoms with Crippen molar-refractivity contribution in [2.24, 2.45) is 5.73 Å². The molecule has 19 heavy (non-hydrogen) atoms. The van der Waals surface area contributed by atoms with Crippen molar-refractivity contribution in [3.8, 4) is 5.75 Å². The molecule has 2 aromatic rings. The van der Waals surface area contributed by atoms with Crippen molar-refractivity contribution in [1.29, 1.82) is 0 Å². The maximum absolute atomic E-state index is 5.84. The van der Waals surface area contributed by atoms with E-state index < -0.39 is 0 Å². The van der Waals surface area contributed by atoms with Gasteiger partial charge in [-0.2, -0.15) is 0 Å². The fourth-order valence-electron chi connectivity index (χ4n) is 1.78. The Morgan fingerprint density at radius 1 is 1.11 bits per heavy atom. The molecule has 0 aliphatic carbocycles. The van der Waals surface area contributed by atoms with Gasteiger partial charge in [-0.05, 0) is 36.3 Å². The summed E-state index contributed by atoms with van der Waals surface area (Å²) in [4.78, 5) is 0. The van der Waals surface area contributed by atoms with E-state index in [1.54, 1.807) is 0 Å². The molecule has 0 spiro atoms. The number of benzene rings is 2. The summed E-state index contributed by atoms with van der Waals surface area (Å²) in [6.07, 6.45) is 4.06. The van der Waals surface area contributed by atoms with Crippen LogP contribution in [0.5, 0.6) is 5.75 Å². The van der Waals surface area contributed by atoms with E-state index in [4.69, 9.17) is 10.5 Å². The third kappa shape index (κ3) is 4.27. The molecule has 0 saturated heterocycles. The second kappa shape index (κ2) is 6.76. The molecule has 2 heteroatoms. The van der Waals surface area contributed by atoms with Crippen LogP contribution < -0.4 is 10.5 Å². The first-order valence-corrected chi connectivity index (χ1v) is 6.45. The van der Waals surface area contributed by atoms with E-state index >= 15 is 0 Å². The molecular formula is C17H19NO. The van der Waals surface area contributed by atoms with Crippen LogP contribution in [-0.4, -0.2) is 6.61 Å². The minimum Gasteiger partial charge on any atom is -0.490 e. The number of rotatable bonds is 5. The van der Waals surface area contributed by atoms with Gasteiger partial charge in [-0.3, -0.25) is 0 Å². The molecule has 0 aromatic heterocycles. The van der Waals surface area contributed by atoms with Gasteiger partial charge in [0, 0.05) is 6.04 Å². The summed E-state index contributed by atoms with van der Waals surface area (Å²) < 4.78 is 5.68. The van der Waals surface area contributed by atoms with E-state index in [2.05, 4.69) is 18.2 Å². The first kappa shape index (κ1) is 13.4. The largest absolute Gasteiger partial charge is 0.490 e. The second-order valence-electron chi connectivity index (χ2n) is 4.49. The van der Waals surface area contributed by atoms with Crippen molar-refractivity contribution in [2.45, 2.75) is 13.0 Å². The van der Waals surface area contributed by atoms with Gasteiger partial charge < -0.3 is 10.5 Å². The van der Waals surface area contributed by atoms with Crippen molar-refractivity contribution < 1.29 is 4.74 Å². The Morgan fingerprint density at radius 3 is 2.63 bits per heavy atom. The van der Waals surface area contributed by atoms with Gasteiger partial charge in [0.1, 0.15) is 12.4 Å². The molecule has 0 amide bonds. The smallest absolute Gasteiger partial charge is 0.120 e. The molecular weight excluding hydrogens is 234 g/mol. The van der Waals surface area contributed by atoms with Crippen LogP contribution >= 0.6 is 0 Å². The molecule has 0 aliphatic rings. The summed E-state index contributed by atoms with van der Waals surface area (Å²) in [5, 5.41) is 0. The van der Waals surface area contributed by atoms with E-state index in [9.17, 15) is 0 Å². The van der Waals surface area contributed by atoms with Crippen LogP contribution in [0, 0.1) is 0 Å². The minimum atomic E-state index is 0.0309. The van der Waals surface area contributed by atoms with E-state index in [1.807, 2.05) is 55.5 Å². The number of nitrogens with two attached hydrogens (primary N) is 1. The molecule has 2 rings (SSSR count). The Morgan fingerprint density at radius 2 is 1.89 bits per heavy atom. The summed E-state index contributed by atoms with van der Waals surface area (Å²) in [7, 11) is 0. The topological polar surface area (TPSA) is 35.2 Å². The van der Waals surface area contributed by atoms with Gasteiger partial charge in [0.05, 0.1) is 0 Å². The summed E-state index contributed by atoms with van der Waals surface area (Å²) >= 11 is 0. The Hall–Kier alpha value is -2.06. The zero-order chi connectivity index (χ0) is 13.5. The lowest BCUT2D eigenvalue weighted by Crippen LogP contribution is -2.05. The lowest BCUT2D eigenvalue weighted by atomic mass is 10.1. The Balaban J connectivity index is 1.89. The fourth-order valence-corrected chi connectivity index (χ4v) is 1.78. The highest BCUT2D eigenvalue weighted by Gasteiger charge is 2.00. The molecule has 2 aromatic carbocycles. The normalized spacial score (nSPS) is 12.5. The zero-order valence-electron chi connectivity index (χ0n) is 11.1. The summed E-state index contributed by atoms with van der Waals surface area (Å²) in [6.45, 7) is 2.52. The molecule has 0 unspecified atom stereocenters. The highest BCUT2D eigenvalue weighted by molar-refractivity contribution is 5.48. The summed E-state index contributed by atoms with van der Waals surface area (Å²) in [6, 6.07) is 18.1. The lowest BCUT2D eigenvalue weighted by molar-refractivity contribution is 0.363. The van der Waals surface area contributed by atoms with Gasteiger partial charge in [-0.25, -0.2) is 0 Å². The average Bonchev–Trinajstić information content (AvgIpc) is 2.45. The van der Waals surface area contributed by atoms with Crippen molar-refractivity contribution in [3.63, 3.8) is 0 Å². The number of hydrogen-bond acceptors (Lipinski definition) is 2. The van der Waals surface area contributed by atoms with Crippen molar-refractivity contribution >= 4 is 6.08 Å². The third-order valence-corrected chi connectivity index (χ3v) is 2.84. The van der Waals surface area contributed by atoms with Crippen LogP contribution in [0.2, 0.25) is 0 Å². The monoisotopic (exact) mass is 253 g/mol. The van der Waals surface area contributed by atoms with Crippen LogP contribution in [0.4, 0.5) is 0 Å². The summed E-state index contributed by atoms with van der Waals surface area (Å²) in [5.74, 6) is 0.854. The standard InChI is InChI=1S/C17H19NO/c1-14(18)16-10-5-11-17(13-16)19-12-6-9-15-7-3-2-4-8-15/h2-11,13-14H,12,18H2,1H3/t14-/m1/s1. The zero-order valence-corrected chi connectivity index (χ0v) is 11.1. The Kier molecular flexibility index (Phi) is 4.76. The second-order valence-corrected chi connectivity index (χ2v) is 4.49. The van der Waals surface area contributed by atoms with E-state index in [-0.39, 0.29) is 6.04 Å². The van der Waals surface area contributed by atoms with E-state index in [0.717, 1.165) is 11.3 Å². The van der Waals surface area contributed by atoms with Crippen molar-refractivity contribution in [1.82, 2.24) is 0 Å². The van der Waals surface area contributed by atoms with Gasteiger partial charge in [0.2, 0.25) is 0 Å². The molecule has 0 aliphatic heterocycles. The Bertz CT molecular complexity index is 532. The highest BCUT2D eigenvalue weighted by atomic mass is 16.5. The maximum atomic E-state index is 5.84. The molecule has 0 heterocycles. The van der Waals surface area contributed by atoms with Gasteiger partial charge in [-0.15, -0.1) is 0 Å². The molecule has 2 N–H and O–H groups in total. The summed E-state index contributed by atoms with van der Waals surface area (Å²) in [5.41, 5.74) is 8.11. The van der Waals surface area contributed by atoms with Crippen LogP contribution in [-0.2, 0) is 0 Å². The number of ether oxygens (including phenoxy) is 1. The molecule has 2 nitrogen and oxygen atoms in total. The van der Waals surface area contributed by atoms with Gasteiger partial charge in [0.15, 0.2) is 0 Å². The average molecular weight is 253 g/mol. The van der Waals surface area contributed by atoms with Crippen LogP contribution in [0.15, 0.2) is 60.7 Å². The molecule has 0 fully saturated rings. The van der Waals surface area contributed by atoms with Gasteiger partial charge in [-0.1, -0.05) is 48.5 Å². The molecule has 1 atom stereocenters. The highest BCUT2D eigenvalue weighted by Crippen LogP contribution is 2.17. The van der Waals surface area contributed by atoms with Crippen LogP contribution in [0.1, 0.15) is 24.1 Å². The quantitative estimate of drug-likeness (QED) is 0.879. The van der Waals surface area contributed by atoms with Crippen LogP contribution in [0.25, 0.3) is 6.08 Å². The molecule has 0 saturated carbocycles. The minimum absolute atomic E-state index is 0.0309. The molecule has 0 bridgehead atoms. The lowest BCUT2D eigenvalue weighted by Gasteiger charge is -2.08. The van der Waals surface area contributed by atoms with Gasteiger partial charge in [0.25, 0.3) is 0 Å². The van der Waals surface area contributed by atoms with Crippen molar-refractivity contribution in [3.05, 3.63) is 71.8 Å². The predicted octanol–water partition coefficient (Wildman–Crippen LogP) is 3.80. The van der Waals surface area contributed by atoms with E-state index in [0.29, 0.717) is 6.61 Å². The first-order valence-electron chi connectivity index (χ1n) is 6.45. The first-order chi connectivity index (χ1) is 9.25. The van der Waals surface area contributed by atoms with E-state index in [1.165, 1.54) is 5.56 Å². The Labute approximate surface area is 114 Å². The van der Waals surface area contributed by atoms with Gasteiger partial charge >= 0.3 is 0 Å². The molecule has 98 valence electrons. The maximum Gasteiger partial charge on any atom is 0.120 e. The van der Waals surface area contributed by atoms with Crippen LogP contribution in [0.3, 0.4) is 0 Å². The van der Waals surface area contributed by atoms with Crippen molar-refractivity contribution in [2.75, 3.05) is 6.61 Å². The predicted molar refractivity (Wildman–Crippen MR) is 80.0 cm³/mol. The SMILES string of the molecule is C[C@@H](N)c1cccc(OCC=Cc2ccccc2)c1. The third-order valence-electron chi connectivity index (χ3n) is 2.84. The number of hydrogen-bond donors (Lipinski definition) is 1. The molecule has 0 radical (unpaired) electrons.